The van der Waals surface area contributed by atoms with Crippen molar-refractivity contribution < 1.29 is 37.3 Å². The molecule has 9 nitrogen and oxygen atoms in total. The van der Waals surface area contributed by atoms with Crippen molar-refractivity contribution in [3.63, 3.8) is 0 Å². The number of carbonyl (C=O) groups is 2. The second kappa shape index (κ2) is 58.4. The number of hydrogen-bond donors (Lipinski definition) is 1. The van der Waals surface area contributed by atoms with E-state index in [0.717, 1.165) is 64.2 Å². The molecule has 10 heteroatoms. The van der Waals surface area contributed by atoms with Gasteiger partial charge in [0, 0.05) is 12.8 Å². The lowest BCUT2D eigenvalue weighted by atomic mass is 10.0. The number of unbranched alkanes of at least 4 members (excludes halogenated alkanes) is 42. The molecule has 460 valence electrons. The van der Waals surface area contributed by atoms with Gasteiger partial charge in [-0.1, -0.05) is 295 Å². The van der Waals surface area contributed by atoms with Crippen LogP contribution >= 0.6 is 7.82 Å². The van der Waals surface area contributed by atoms with Crippen LogP contribution in [0.4, 0.5) is 0 Å². The minimum Gasteiger partial charge on any atom is -0.756 e. The van der Waals surface area contributed by atoms with Crippen molar-refractivity contribution in [3.05, 3.63) is 36.5 Å². The predicted octanol–water partition coefficient (Wildman–Crippen LogP) is 20.4. The number of phosphoric ester groups is 1. The summed E-state index contributed by atoms with van der Waals surface area (Å²) in [4.78, 5) is 40.0. The Morgan fingerprint density at radius 1 is 0.449 bits per heavy atom. The van der Waals surface area contributed by atoms with Crippen molar-refractivity contribution in [1.82, 2.24) is 5.32 Å². The first kappa shape index (κ1) is 76.2. The molecule has 0 fully saturated rings. The quantitative estimate of drug-likeness (QED) is 0.0212. The molecule has 0 radical (unpaired) electrons. The molecule has 0 rings (SSSR count). The highest BCUT2D eigenvalue weighted by molar-refractivity contribution is 7.45. The lowest BCUT2D eigenvalue weighted by molar-refractivity contribution is -0.870. The largest absolute Gasteiger partial charge is 0.756 e. The second-order valence-corrected chi connectivity index (χ2v) is 25.7. The summed E-state index contributed by atoms with van der Waals surface area (Å²) in [6, 6.07) is -0.883. The van der Waals surface area contributed by atoms with E-state index in [1.165, 1.54) is 238 Å². The van der Waals surface area contributed by atoms with Crippen LogP contribution in [0, 0.1) is 0 Å². The highest BCUT2D eigenvalue weighted by Gasteiger charge is 2.27. The molecule has 0 saturated heterocycles. The lowest BCUT2D eigenvalue weighted by Gasteiger charge is -2.30. The maximum Gasteiger partial charge on any atom is 0.306 e. The molecule has 0 bridgehead atoms. The van der Waals surface area contributed by atoms with Crippen LogP contribution < -0.4 is 10.2 Å². The van der Waals surface area contributed by atoms with E-state index in [0.29, 0.717) is 17.4 Å². The second-order valence-electron chi connectivity index (χ2n) is 24.3. The third-order valence-corrected chi connectivity index (χ3v) is 16.3. The first-order chi connectivity index (χ1) is 37.9. The Morgan fingerprint density at radius 2 is 0.782 bits per heavy atom. The number of carbonyl (C=O) groups excluding carboxylic acids is 2. The van der Waals surface area contributed by atoms with Crippen LogP contribution in [0.5, 0.6) is 0 Å². The molecule has 0 aliphatic carbocycles. The van der Waals surface area contributed by atoms with Gasteiger partial charge < -0.3 is 28.5 Å². The van der Waals surface area contributed by atoms with Crippen LogP contribution in [0.1, 0.15) is 335 Å². The molecular weight excluding hydrogens is 988 g/mol. The maximum atomic E-state index is 13.6. The average molecular weight is 1120 g/mol. The molecule has 3 atom stereocenters. The van der Waals surface area contributed by atoms with E-state index >= 15 is 0 Å². The summed E-state index contributed by atoms with van der Waals surface area (Å²) in [6.45, 7) is 6.86. The van der Waals surface area contributed by atoms with Gasteiger partial charge in [-0.25, -0.2) is 0 Å². The van der Waals surface area contributed by atoms with E-state index in [9.17, 15) is 19.0 Å². The number of hydrogen-bond acceptors (Lipinski definition) is 7. The molecule has 0 aromatic heterocycles. The number of likely N-dealkylation sites (N-methyl/N-ethyl adjacent to an activating group) is 1. The van der Waals surface area contributed by atoms with E-state index in [-0.39, 0.29) is 31.5 Å². The first-order valence-electron chi connectivity index (χ1n) is 33.8. The molecule has 3 unspecified atom stereocenters. The maximum absolute atomic E-state index is 13.6. The predicted molar refractivity (Wildman–Crippen MR) is 335 cm³/mol. The Balaban J connectivity index is 4.96. The molecule has 0 aromatic rings. The summed E-state index contributed by atoms with van der Waals surface area (Å²) >= 11 is 0. The SMILES string of the molecule is CCCCC/C=C\C/C=C\CCCCCCCCCCCCCCCCCCCC(=O)NC(COP(=O)([O-])OCC[N+](C)(C)C)C(/C=C\CCCCCCCCCCCC)OC(=O)CCCCCCCCCCCCCCC. The fourth-order valence-electron chi connectivity index (χ4n) is 10.1. The van der Waals surface area contributed by atoms with Gasteiger partial charge in [0.1, 0.15) is 19.3 Å². The minimum atomic E-state index is -4.69. The minimum absolute atomic E-state index is 0.0189. The number of nitrogens with one attached hydrogen (secondary N) is 1. The topological polar surface area (TPSA) is 114 Å². The monoisotopic (exact) mass is 1120 g/mol. The molecule has 1 amide bonds. The normalized spacial score (nSPS) is 13.8. The summed E-state index contributed by atoms with van der Waals surface area (Å²) in [5.74, 6) is -0.524. The van der Waals surface area contributed by atoms with Crippen LogP contribution in [0.25, 0.3) is 0 Å². The van der Waals surface area contributed by atoms with Gasteiger partial charge in [0.05, 0.1) is 33.8 Å². The van der Waals surface area contributed by atoms with Gasteiger partial charge in [0.15, 0.2) is 0 Å². The van der Waals surface area contributed by atoms with Crippen molar-refractivity contribution in [3.8, 4) is 0 Å². The van der Waals surface area contributed by atoms with Crippen LogP contribution in [-0.2, 0) is 27.9 Å². The fraction of sp³-hybridized carbons (Fsp3) is 0.882. The highest BCUT2D eigenvalue weighted by atomic mass is 31.2. The van der Waals surface area contributed by atoms with E-state index < -0.39 is 20.0 Å². The van der Waals surface area contributed by atoms with Gasteiger partial charge in [0.25, 0.3) is 7.82 Å². The number of nitrogens with zero attached hydrogens (tertiary/aromatic N) is 1. The standard InChI is InChI=1S/C68H131N2O7P/c1-7-10-13-16-19-22-25-28-29-30-31-32-33-34-35-36-37-38-39-40-41-43-45-48-51-54-57-60-67(71)69-65(64-76-78(73,74)75-63-62-70(4,5)6)66(59-56-53-50-47-44-27-24-21-18-15-12-9-3)77-68(72)61-58-55-52-49-46-42-26-23-20-17-14-11-8-2/h19,22,28-29,56,59,65-66H,7-18,20-21,23-27,30-55,57-58,60-64H2,1-6H3,(H-,69,71,73,74)/b22-19-,29-28-,59-56-. The molecule has 0 aliphatic heterocycles. The smallest absolute Gasteiger partial charge is 0.306 e. The van der Waals surface area contributed by atoms with Crippen LogP contribution in [0.15, 0.2) is 36.5 Å². The van der Waals surface area contributed by atoms with E-state index in [1.807, 2.05) is 33.3 Å². The van der Waals surface area contributed by atoms with E-state index in [2.05, 4.69) is 50.4 Å². The Labute approximate surface area is 485 Å². The first-order valence-corrected chi connectivity index (χ1v) is 35.3. The number of ether oxygens (including phenoxy) is 1. The van der Waals surface area contributed by atoms with Crippen molar-refractivity contribution in [2.24, 2.45) is 0 Å². The van der Waals surface area contributed by atoms with Crippen LogP contribution in [0.2, 0.25) is 0 Å². The molecule has 1 N–H and O–H groups in total. The third-order valence-electron chi connectivity index (χ3n) is 15.3. The van der Waals surface area contributed by atoms with Crippen molar-refractivity contribution in [2.45, 2.75) is 348 Å². The summed E-state index contributed by atoms with van der Waals surface area (Å²) < 4.78 is 30.4. The zero-order valence-electron chi connectivity index (χ0n) is 52.6. The van der Waals surface area contributed by atoms with Crippen molar-refractivity contribution >= 4 is 19.7 Å². The number of phosphoric acid groups is 1. The molecule has 0 spiro atoms. The van der Waals surface area contributed by atoms with E-state index in [4.69, 9.17) is 13.8 Å². The number of amides is 1. The van der Waals surface area contributed by atoms with Crippen LogP contribution in [-0.4, -0.2) is 69.4 Å². The van der Waals surface area contributed by atoms with Crippen molar-refractivity contribution in [1.29, 1.82) is 0 Å². The summed E-state index contributed by atoms with van der Waals surface area (Å²) in [7, 11) is 1.20. The number of esters is 1. The van der Waals surface area contributed by atoms with Gasteiger partial charge in [-0.3, -0.25) is 14.2 Å². The zero-order valence-corrected chi connectivity index (χ0v) is 53.5. The lowest BCUT2D eigenvalue weighted by Crippen LogP contribution is -2.47. The van der Waals surface area contributed by atoms with E-state index in [1.54, 1.807) is 0 Å². The Hall–Kier alpha value is -1.77. The Bertz CT molecular complexity index is 1430. The Morgan fingerprint density at radius 3 is 1.18 bits per heavy atom. The van der Waals surface area contributed by atoms with Gasteiger partial charge in [-0.05, 0) is 63.9 Å². The number of rotatable bonds is 62. The van der Waals surface area contributed by atoms with Crippen molar-refractivity contribution in [2.75, 3.05) is 40.9 Å². The highest BCUT2D eigenvalue weighted by Crippen LogP contribution is 2.38. The summed E-state index contributed by atoms with van der Waals surface area (Å²) in [6.07, 6.45) is 71.2. The van der Waals surface area contributed by atoms with Gasteiger partial charge in [-0.15, -0.1) is 0 Å². The zero-order chi connectivity index (χ0) is 57.2. The summed E-state index contributed by atoms with van der Waals surface area (Å²) in [5, 5.41) is 3.04. The van der Waals surface area contributed by atoms with Gasteiger partial charge in [0.2, 0.25) is 5.91 Å². The number of allylic oxidation sites excluding steroid dienone is 5. The molecule has 78 heavy (non-hydrogen) atoms. The Kier molecular flexibility index (Phi) is 57.1. The molecular formula is C68H131N2O7P. The van der Waals surface area contributed by atoms with Gasteiger partial charge in [-0.2, -0.15) is 0 Å². The molecule has 0 aliphatic rings. The molecule has 0 heterocycles. The fourth-order valence-corrected chi connectivity index (χ4v) is 10.8. The van der Waals surface area contributed by atoms with Crippen LogP contribution in [0.3, 0.4) is 0 Å². The number of quaternary nitrogens is 1. The average Bonchev–Trinajstić information content (AvgIpc) is 3.40. The molecule has 0 saturated carbocycles. The van der Waals surface area contributed by atoms with Gasteiger partial charge >= 0.3 is 5.97 Å². The third kappa shape index (κ3) is 58.9. The molecule has 0 aromatic carbocycles. The summed E-state index contributed by atoms with van der Waals surface area (Å²) in [5.41, 5.74) is 0.